The van der Waals surface area contributed by atoms with Crippen LogP contribution < -0.4 is 4.72 Å². The number of phenolic OH excluding ortho intramolecular Hbond substituents is 1. The molecule has 1 unspecified atom stereocenters. The van der Waals surface area contributed by atoms with Crippen molar-refractivity contribution in [3.63, 3.8) is 0 Å². The molecule has 3 aromatic carbocycles. The largest absolute Gasteiger partial charge is 0.507 e. The predicted octanol–water partition coefficient (Wildman–Crippen LogP) is 4.72. The molecule has 6 heteroatoms. The number of amides is 1. The van der Waals surface area contributed by atoms with E-state index < -0.39 is 16.9 Å². The Morgan fingerprint density at radius 1 is 1.10 bits per heavy atom. The van der Waals surface area contributed by atoms with E-state index >= 15 is 0 Å². The van der Waals surface area contributed by atoms with E-state index in [2.05, 4.69) is 10.8 Å². The van der Waals surface area contributed by atoms with Gasteiger partial charge in [-0.05, 0) is 71.3 Å². The number of benzene rings is 3. The maximum Gasteiger partial charge on any atom is 0.257 e. The molecule has 3 aromatic rings. The van der Waals surface area contributed by atoms with Gasteiger partial charge in [0.2, 0.25) is 0 Å². The molecule has 0 saturated heterocycles. The second-order valence-corrected chi connectivity index (χ2v) is 9.13. The van der Waals surface area contributed by atoms with Crippen LogP contribution in [0.3, 0.4) is 0 Å². The van der Waals surface area contributed by atoms with E-state index in [4.69, 9.17) is 0 Å². The first-order valence-corrected chi connectivity index (χ1v) is 11.2. The first kappa shape index (κ1) is 19.7. The quantitative estimate of drug-likeness (QED) is 0.628. The highest BCUT2D eigenvalue weighted by atomic mass is 32.2. The van der Waals surface area contributed by atoms with Crippen LogP contribution in [0.4, 0.5) is 4.39 Å². The van der Waals surface area contributed by atoms with Crippen molar-refractivity contribution in [1.29, 1.82) is 0 Å². The van der Waals surface area contributed by atoms with Crippen LogP contribution in [0.25, 0.3) is 16.0 Å². The summed E-state index contributed by atoms with van der Waals surface area (Å²) in [6, 6.07) is 16.8. The highest BCUT2D eigenvalue weighted by Gasteiger charge is 2.28. The van der Waals surface area contributed by atoms with Gasteiger partial charge in [0.15, 0.2) is 11.0 Å². The molecule has 0 saturated carbocycles. The zero-order valence-corrected chi connectivity index (χ0v) is 17.6. The van der Waals surface area contributed by atoms with Crippen molar-refractivity contribution in [2.75, 3.05) is 0 Å². The van der Waals surface area contributed by atoms with E-state index in [1.165, 1.54) is 17.2 Å². The number of hydrogen-bond donors (Lipinski definition) is 2. The molecular weight excluding hydrogens is 413 g/mol. The fourth-order valence-corrected chi connectivity index (χ4v) is 5.47. The summed E-state index contributed by atoms with van der Waals surface area (Å²) in [7, 11) is -1.65. The van der Waals surface area contributed by atoms with Crippen LogP contribution in [0.15, 0.2) is 60.7 Å². The lowest BCUT2D eigenvalue weighted by atomic mass is 9.90. The fraction of sp³-hybridized carbons (Fsp3) is 0.160. The Labute approximate surface area is 182 Å². The summed E-state index contributed by atoms with van der Waals surface area (Å²) in [4.78, 5) is 11.7. The van der Waals surface area contributed by atoms with Crippen LogP contribution >= 0.6 is 0 Å². The first-order valence-electron chi connectivity index (χ1n) is 10.1. The number of rotatable bonds is 3. The van der Waals surface area contributed by atoms with Crippen LogP contribution in [0.1, 0.15) is 40.2 Å². The monoisotopic (exact) mass is 433 g/mol. The van der Waals surface area contributed by atoms with Crippen LogP contribution in [-0.2, 0) is 22.2 Å². The smallest absolute Gasteiger partial charge is 0.257 e. The molecule has 2 aliphatic rings. The Kier molecular flexibility index (Phi) is 4.74. The molecule has 31 heavy (non-hydrogen) atoms. The Balaban J connectivity index is 1.52. The minimum Gasteiger partial charge on any atom is -0.507 e. The summed E-state index contributed by atoms with van der Waals surface area (Å²) < 4.78 is 28.5. The van der Waals surface area contributed by atoms with Crippen molar-refractivity contribution in [2.24, 2.45) is 0 Å². The van der Waals surface area contributed by atoms with E-state index in [1.807, 2.05) is 24.3 Å². The first-order chi connectivity index (χ1) is 14.9. The number of phenols is 1. The zero-order chi connectivity index (χ0) is 21.7. The summed E-state index contributed by atoms with van der Waals surface area (Å²) in [5, 5.41) is 10.6. The number of carbonyl (C=O) groups is 1. The number of fused-ring (bicyclic) bond motifs is 1. The standard InChI is InChI=1S/C25H20FNO3S/c1-14-5-6-15(11-22(14)26)17-3-2-4-19-18(9-10-20(17)19)16-7-8-21(23(28)12-16)24-13-25(29)27-31(24)30/h2-8,11-13,18,28H,9-10H2,1H3,(H,27,29)/t18-,31?/m1/s1. The lowest BCUT2D eigenvalue weighted by Gasteiger charge is -2.15. The minimum atomic E-state index is -1.65. The average molecular weight is 434 g/mol. The van der Waals surface area contributed by atoms with Gasteiger partial charge in [-0.2, -0.15) is 0 Å². The molecule has 1 heterocycles. The Morgan fingerprint density at radius 3 is 2.65 bits per heavy atom. The van der Waals surface area contributed by atoms with Crippen molar-refractivity contribution in [3.8, 4) is 16.9 Å². The molecule has 4 nitrogen and oxygen atoms in total. The van der Waals surface area contributed by atoms with Gasteiger partial charge < -0.3 is 5.11 Å². The third kappa shape index (κ3) is 3.37. The molecule has 156 valence electrons. The average Bonchev–Trinajstić information content (AvgIpc) is 3.32. The maximum absolute atomic E-state index is 14.1. The summed E-state index contributed by atoms with van der Waals surface area (Å²) in [6.45, 7) is 1.75. The van der Waals surface area contributed by atoms with Crippen LogP contribution in [-0.4, -0.2) is 15.2 Å². The lowest BCUT2D eigenvalue weighted by molar-refractivity contribution is -0.114. The molecular formula is C25H20FNO3S. The van der Waals surface area contributed by atoms with E-state index in [0.717, 1.165) is 29.5 Å². The second kappa shape index (κ2) is 7.46. The van der Waals surface area contributed by atoms with Gasteiger partial charge in [-0.25, -0.2) is 8.60 Å². The summed E-state index contributed by atoms with van der Waals surface area (Å²) in [5.74, 6) is -0.537. The van der Waals surface area contributed by atoms with Crippen LogP contribution in [0.2, 0.25) is 0 Å². The van der Waals surface area contributed by atoms with Gasteiger partial charge in [-0.1, -0.05) is 36.4 Å². The van der Waals surface area contributed by atoms with Gasteiger partial charge in [0.25, 0.3) is 5.91 Å². The predicted molar refractivity (Wildman–Crippen MR) is 119 cm³/mol. The summed E-state index contributed by atoms with van der Waals surface area (Å²) in [5.41, 5.74) is 6.25. The normalized spacial score (nSPS) is 19.8. The molecule has 2 N–H and O–H groups in total. The van der Waals surface area contributed by atoms with Crippen molar-refractivity contribution >= 4 is 21.8 Å². The summed E-state index contributed by atoms with van der Waals surface area (Å²) in [6.07, 6.45) is 3.00. The Bertz CT molecular complexity index is 1300. The van der Waals surface area contributed by atoms with Crippen molar-refractivity contribution in [2.45, 2.75) is 25.7 Å². The number of aromatic hydroxyl groups is 1. The van der Waals surface area contributed by atoms with E-state index in [1.54, 1.807) is 31.2 Å². The molecule has 1 aliphatic heterocycles. The van der Waals surface area contributed by atoms with Crippen LogP contribution in [0, 0.1) is 12.7 Å². The molecule has 0 bridgehead atoms. The Morgan fingerprint density at radius 2 is 1.94 bits per heavy atom. The number of hydrogen-bond acceptors (Lipinski definition) is 3. The topological polar surface area (TPSA) is 66.4 Å². The third-order valence-corrected chi connectivity index (χ3v) is 7.22. The SMILES string of the molecule is Cc1ccc(-c2cccc3c2CC[C@@H]3c2ccc(C3=CC(=O)NS3=O)c(O)c2)cc1F. The van der Waals surface area contributed by atoms with Gasteiger partial charge in [0.1, 0.15) is 11.6 Å². The number of aryl methyl sites for hydroxylation is 1. The molecule has 1 aliphatic carbocycles. The van der Waals surface area contributed by atoms with Crippen LogP contribution in [0.5, 0.6) is 5.75 Å². The maximum atomic E-state index is 14.1. The molecule has 0 fully saturated rings. The highest BCUT2D eigenvalue weighted by Crippen LogP contribution is 2.44. The molecule has 2 atom stereocenters. The number of nitrogens with one attached hydrogen (secondary N) is 1. The van der Waals surface area contributed by atoms with Crippen molar-refractivity contribution < 1.29 is 18.5 Å². The molecule has 1 amide bonds. The van der Waals surface area contributed by atoms with Gasteiger partial charge in [-0.15, -0.1) is 0 Å². The van der Waals surface area contributed by atoms with E-state index in [0.29, 0.717) is 11.1 Å². The lowest BCUT2D eigenvalue weighted by Crippen LogP contribution is -2.16. The van der Waals surface area contributed by atoms with Crippen molar-refractivity contribution in [1.82, 2.24) is 4.72 Å². The molecule has 0 aromatic heterocycles. The second-order valence-electron chi connectivity index (χ2n) is 7.95. The van der Waals surface area contributed by atoms with E-state index in [-0.39, 0.29) is 22.4 Å². The van der Waals surface area contributed by atoms with Crippen molar-refractivity contribution in [3.05, 3.63) is 94.3 Å². The van der Waals surface area contributed by atoms with E-state index in [9.17, 15) is 18.5 Å². The van der Waals surface area contributed by atoms with Gasteiger partial charge >= 0.3 is 0 Å². The van der Waals surface area contributed by atoms with Gasteiger partial charge in [0.05, 0.1) is 4.91 Å². The third-order valence-electron chi connectivity index (χ3n) is 6.10. The fourth-order valence-electron chi connectivity index (χ4n) is 4.53. The summed E-state index contributed by atoms with van der Waals surface area (Å²) >= 11 is 0. The molecule has 0 spiro atoms. The van der Waals surface area contributed by atoms with Gasteiger partial charge in [0, 0.05) is 17.6 Å². The highest BCUT2D eigenvalue weighted by molar-refractivity contribution is 7.94. The Hall–Kier alpha value is -3.25. The molecule has 0 radical (unpaired) electrons. The minimum absolute atomic E-state index is 0.00110. The zero-order valence-electron chi connectivity index (χ0n) is 16.8. The number of halogens is 1. The van der Waals surface area contributed by atoms with Gasteiger partial charge in [-0.3, -0.25) is 9.52 Å². The molecule has 5 rings (SSSR count). The number of carbonyl (C=O) groups excluding carboxylic acids is 1.